The first-order valence-corrected chi connectivity index (χ1v) is 8.91. The van der Waals surface area contributed by atoms with E-state index in [9.17, 15) is 4.79 Å². The van der Waals surface area contributed by atoms with Gasteiger partial charge >= 0.3 is 0 Å². The summed E-state index contributed by atoms with van der Waals surface area (Å²) in [6.07, 6.45) is 0.810. The van der Waals surface area contributed by atoms with Crippen LogP contribution >= 0.6 is 22.9 Å². The van der Waals surface area contributed by atoms with Gasteiger partial charge < -0.3 is 14.8 Å². The molecule has 0 radical (unpaired) electrons. The molecule has 0 bridgehead atoms. The van der Waals surface area contributed by atoms with Crippen molar-refractivity contribution < 1.29 is 14.3 Å². The number of anilines is 1. The smallest absolute Gasteiger partial charge is 0.243 e. The van der Waals surface area contributed by atoms with Crippen LogP contribution in [0.15, 0.2) is 17.5 Å². The van der Waals surface area contributed by atoms with Crippen LogP contribution in [-0.4, -0.2) is 29.0 Å². The lowest BCUT2D eigenvalue weighted by atomic mass is 9.99. The summed E-state index contributed by atoms with van der Waals surface area (Å²) in [5.74, 6) is 1.23. The maximum Gasteiger partial charge on any atom is 0.243 e. The highest BCUT2D eigenvalue weighted by atomic mass is 35.5. The highest BCUT2D eigenvalue weighted by Crippen LogP contribution is 2.44. The van der Waals surface area contributed by atoms with Gasteiger partial charge in [0.25, 0.3) is 0 Å². The maximum atomic E-state index is 11.7. The molecule has 24 heavy (non-hydrogen) atoms. The number of carbonyl (C=O) groups is 1. The van der Waals surface area contributed by atoms with Crippen LogP contribution in [0.2, 0.25) is 0 Å². The number of amides is 1. The Kier molecular flexibility index (Phi) is 4.44. The SMILES string of the molecule is COc1cc(-c2csc(NC(=O)C(C)Cl)n2)cc2c1OC(C)(C)C2. The third kappa shape index (κ3) is 3.35. The average molecular weight is 367 g/mol. The predicted molar refractivity (Wildman–Crippen MR) is 96.5 cm³/mol. The molecule has 3 rings (SSSR count). The molecule has 0 spiro atoms. The van der Waals surface area contributed by atoms with Crippen molar-refractivity contribution in [3.05, 3.63) is 23.1 Å². The van der Waals surface area contributed by atoms with Crippen molar-refractivity contribution in [2.24, 2.45) is 0 Å². The van der Waals surface area contributed by atoms with E-state index < -0.39 is 5.38 Å². The maximum absolute atomic E-state index is 11.7. The van der Waals surface area contributed by atoms with Gasteiger partial charge in [0.15, 0.2) is 16.6 Å². The quantitative estimate of drug-likeness (QED) is 0.827. The van der Waals surface area contributed by atoms with Crippen molar-refractivity contribution in [2.45, 2.75) is 38.2 Å². The second kappa shape index (κ2) is 6.26. The van der Waals surface area contributed by atoms with Crippen LogP contribution in [0, 0.1) is 0 Å². The molecule has 7 heteroatoms. The van der Waals surface area contributed by atoms with Gasteiger partial charge in [-0.05, 0) is 32.9 Å². The molecule has 0 fully saturated rings. The van der Waals surface area contributed by atoms with Gasteiger partial charge in [-0.15, -0.1) is 22.9 Å². The number of halogens is 1. The minimum Gasteiger partial charge on any atom is -0.493 e. The van der Waals surface area contributed by atoms with E-state index in [4.69, 9.17) is 21.1 Å². The van der Waals surface area contributed by atoms with Crippen LogP contribution in [0.25, 0.3) is 11.3 Å². The second-order valence-electron chi connectivity index (χ2n) is 6.35. The highest BCUT2D eigenvalue weighted by molar-refractivity contribution is 7.14. The molecule has 128 valence electrons. The number of nitrogens with zero attached hydrogens (tertiary/aromatic N) is 1. The number of benzene rings is 1. The summed E-state index contributed by atoms with van der Waals surface area (Å²) in [6.45, 7) is 5.73. The van der Waals surface area contributed by atoms with Gasteiger partial charge in [0, 0.05) is 22.9 Å². The van der Waals surface area contributed by atoms with E-state index in [-0.39, 0.29) is 11.5 Å². The summed E-state index contributed by atoms with van der Waals surface area (Å²) >= 11 is 7.13. The Morgan fingerprint density at radius 1 is 1.50 bits per heavy atom. The van der Waals surface area contributed by atoms with Crippen LogP contribution in [0.3, 0.4) is 0 Å². The van der Waals surface area contributed by atoms with Gasteiger partial charge in [-0.1, -0.05) is 0 Å². The van der Waals surface area contributed by atoms with Gasteiger partial charge in [0.2, 0.25) is 5.91 Å². The summed E-state index contributed by atoms with van der Waals surface area (Å²) in [5, 5.41) is 4.53. The Hall–Kier alpha value is -1.79. The number of alkyl halides is 1. The van der Waals surface area contributed by atoms with Crippen LogP contribution in [0.5, 0.6) is 11.5 Å². The first kappa shape index (κ1) is 17.0. The van der Waals surface area contributed by atoms with Gasteiger partial charge in [-0.25, -0.2) is 4.98 Å². The number of fused-ring (bicyclic) bond motifs is 1. The summed E-state index contributed by atoms with van der Waals surface area (Å²) in [5.41, 5.74) is 2.57. The monoisotopic (exact) mass is 366 g/mol. The highest BCUT2D eigenvalue weighted by Gasteiger charge is 2.33. The molecule has 0 aliphatic carbocycles. The van der Waals surface area contributed by atoms with Gasteiger partial charge in [-0.3, -0.25) is 4.79 Å². The lowest BCUT2D eigenvalue weighted by Gasteiger charge is -2.17. The van der Waals surface area contributed by atoms with E-state index in [2.05, 4.69) is 30.2 Å². The number of nitrogens with one attached hydrogen (secondary N) is 1. The van der Waals surface area contributed by atoms with Crippen LogP contribution < -0.4 is 14.8 Å². The van der Waals surface area contributed by atoms with E-state index in [0.29, 0.717) is 10.9 Å². The van der Waals surface area contributed by atoms with Gasteiger partial charge in [0.05, 0.1) is 12.8 Å². The fourth-order valence-electron chi connectivity index (χ4n) is 2.65. The van der Waals surface area contributed by atoms with Crippen molar-refractivity contribution in [2.75, 3.05) is 12.4 Å². The topological polar surface area (TPSA) is 60.5 Å². The van der Waals surface area contributed by atoms with E-state index >= 15 is 0 Å². The fourth-order valence-corrected chi connectivity index (χ4v) is 3.42. The van der Waals surface area contributed by atoms with Crippen molar-refractivity contribution >= 4 is 34.0 Å². The summed E-state index contributed by atoms with van der Waals surface area (Å²) < 4.78 is 11.5. The molecule has 1 aliphatic rings. The van der Waals surface area contributed by atoms with E-state index in [1.165, 1.54) is 11.3 Å². The first-order chi connectivity index (χ1) is 11.3. The van der Waals surface area contributed by atoms with Gasteiger partial charge in [0.1, 0.15) is 11.0 Å². The standard InChI is InChI=1S/C17H19ClN2O3S/c1-9(18)15(21)20-16-19-12(8-24-16)10-5-11-7-17(2,3)23-14(11)13(6-10)22-4/h5-6,8-9H,7H2,1-4H3,(H,19,20,21). The first-order valence-electron chi connectivity index (χ1n) is 7.60. The average Bonchev–Trinajstić information content (AvgIpc) is 3.08. The molecule has 5 nitrogen and oxygen atoms in total. The zero-order chi connectivity index (χ0) is 17.5. The van der Waals surface area contributed by atoms with Crippen LogP contribution in [0.1, 0.15) is 26.3 Å². The van der Waals surface area contributed by atoms with Gasteiger partial charge in [-0.2, -0.15) is 0 Å². The molecule has 0 saturated carbocycles. The largest absolute Gasteiger partial charge is 0.493 e. The van der Waals surface area contributed by atoms with E-state index in [0.717, 1.165) is 29.0 Å². The lowest BCUT2D eigenvalue weighted by molar-refractivity contribution is -0.115. The molecule has 1 amide bonds. The van der Waals surface area contributed by atoms with Crippen molar-refractivity contribution in [3.8, 4) is 22.8 Å². The van der Waals surface area contributed by atoms with Crippen molar-refractivity contribution in [1.29, 1.82) is 0 Å². The minimum atomic E-state index is -0.600. The third-order valence-corrected chi connectivity index (χ3v) is 4.69. The fraction of sp³-hybridized carbons (Fsp3) is 0.412. The Bertz CT molecular complexity index is 786. The number of thiazole rings is 1. The molecular formula is C17H19ClN2O3S. The molecule has 1 unspecified atom stereocenters. The Morgan fingerprint density at radius 2 is 2.25 bits per heavy atom. The summed E-state index contributed by atoms with van der Waals surface area (Å²) in [7, 11) is 1.63. The molecule has 2 aromatic rings. The Morgan fingerprint density at radius 3 is 2.92 bits per heavy atom. The summed E-state index contributed by atoms with van der Waals surface area (Å²) in [4.78, 5) is 16.1. The van der Waals surface area contributed by atoms with Crippen LogP contribution in [0.4, 0.5) is 5.13 Å². The molecular weight excluding hydrogens is 348 g/mol. The number of hydrogen-bond acceptors (Lipinski definition) is 5. The normalized spacial score (nSPS) is 16.2. The minimum absolute atomic E-state index is 0.244. The molecule has 1 N–H and O–H groups in total. The molecule has 1 aliphatic heterocycles. The zero-order valence-corrected chi connectivity index (χ0v) is 15.5. The van der Waals surface area contributed by atoms with E-state index in [1.54, 1.807) is 14.0 Å². The van der Waals surface area contributed by atoms with E-state index in [1.807, 2.05) is 11.4 Å². The number of ether oxygens (including phenoxy) is 2. The summed E-state index contributed by atoms with van der Waals surface area (Å²) in [6, 6.07) is 3.97. The van der Waals surface area contributed by atoms with Crippen molar-refractivity contribution in [1.82, 2.24) is 4.98 Å². The van der Waals surface area contributed by atoms with Crippen molar-refractivity contribution in [3.63, 3.8) is 0 Å². The number of aromatic nitrogens is 1. The molecule has 1 atom stereocenters. The molecule has 2 heterocycles. The molecule has 1 aromatic heterocycles. The van der Waals surface area contributed by atoms with Crippen LogP contribution in [-0.2, 0) is 11.2 Å². The number of hydrogen-bond donors (Lipinski definition) is 1. The number of carbonyl (C=O) groups excluding carboxylic acids is 1. The third-order valence-electron chi connectivity index (χ3n) is 3.74. The second-order valence-corrected chi connectivity index (χ2v) is 7.86. The number of rotatable bonds is 4. The number of methoxy groups -OCH3 is 1. The Balaban J connectivity index is 1.91. The lowest BCUT2D eigenvalue weighted by Crippen LogP contribution is -2.24. The molecule has 0 saturated heterocycles. The predicted octanol–water partition coefficient (Wildman–Crippen LogP) is 4.10. The zero-order valence-electron chi connectivity index (χ0n) is 14.0. The molecule has 1 aromatic carbocycles. The Labute approximate surface area is 150 Å².